The lowest BCUT2D eigenvalue weighted by molar-refractivity contribution is -0.120. The van der Waals surface area contributed by atoms with Gasteiger partial charge in [-0.15, -0.1) is 0 Å². The Bertz CT molecular complexity index is 1650. The van der Waals surface area contributed by atoms with Crippen LogP contribution in [0.5, 0.6) is 0 Å². The monoisotopic (exact) mass is 537 g/mol. The number of anilines is 3. The predicted octanol–water partition coefficient (Wildman–Crippen LogP) is 3.97. The molecule has 0 fully saturated rings. The zero-order chi connectivity index (χ0) is 27.6. The lowest BCUT2D eigenvalue weighted by atomic mass is 9.99. The third-order valence-electron chi connectivity index (χ3n) is 6.75. The topological polar surface area (TPSA) is 132 Å². The lowest BCUT2D eigenvalue weighted by Gasteiger charge is -2.25. The van der Waals surface area contributed by atoms with Gasteiger partial charge in [0.05, 0.1) is 30.0 Å². The van der Waals surface area contributed by atoms with Gasteiger partial charge in [-0.25, -0.2) is 19.2 Å². The van der Waals surface area contributed by atoms with Gasteiger partial charge >= 0.3 is 6.03 Å². The molecule has 0 bridgehead atoms. The number of nitrogens with zero attached hydrogens (tertiary/aromatic N) is 3. The van der Waals surface area contributed by atoms with Crippen molar-refractivity contribution in [3.8, 4) is 0 Å². The van der Waals surface area contributed by atoms with Gasteiger partial charge in [0, 0.05) is 35.1 Å². The summed E-state index contributed by atoms with van der Waals surface area (Å²) in [5, 5.41) is 8.21. The number of hydrogen-bond acceptors (Lipinski definition) is 5. The van der Waals surface area contributed by atoms with E-state index in [0.29, 0.717) is 41.2 Å². The van der Waals surface area contributed by atoms with Gasteiger partial charge in [-0.2, -0.15) is 0 Å². The number of urea groups is 1. The van der Waals surface area contributed by atoms with Crippen LogP contribution in [0.25, 0.3) is 0 Å². The number of aryl methyl sites for hydroxylation is 1. The highest BCUT2D eigenvalue weighted by Crippen LogP contribution is 2.30. The smallest absolute Gasteiger partial charge is 0.321 e. The summed E-state index contributed by atoms with van der Waals surface area (Å²) in [5.74, 6) is -1.06. The summed E-state index contributed by atoms with van der Waals surface area (Å²) in [5.41, 5.74) is 4.26. The quantitative estimate of drug-likeness (QED) is 0.307. The van der Waals surface area contributed by atoms with Crippen LogP contribution in [0.1, 0.15) is 28.8 Å². The summed E-state index contributed by atoms with van der Waals surface area (Å²) in [4.78, 5) is 51.9. The number of fused-ring (bicyclic) bond motifs is 2. The number of halogens is 1. The van der Waals surface area contributed by atoms with E-state index in [0.717, 1.165) is 5.56 Å². The van der Waals surface area contributed by atoms with Gasteiger partial charge < -0.3 is 25.8 Å². The van der Waals surface area contributed by atoms with E-state index < -0.39 is 23.9 Å². The maximum Gasteiger partial charge on any atom is 0.321 e. The van der Waals surface area contributed by atoms with Crippen LogP contribution in [0.15, 0.2) is 84.2 Å². The SMILES string of the molecule is O=C1CCc2cc(NC(=O)N[C@@H]3N=C(c4ccccc4F)c4ccccc4N(Cc4cnc[nH]4)C3=O)ccc2N1. The molecule has 4 N–H and O–H groups in total. The second-order valence-electron chi connectivity index (χ2n) is 9.40. The molecule has 0 spiro atoms. The van der Waals surface area contributed by atoms with E-state index in [2.05, 4.69) is 30.9 Å². The van der Waals surface area contributed by atoms with Crippen molar-refractivity contribution < 1.29 is 18.8 Å². The maximum atomic E-state index is 15.0. The summed E-state index contributed by atoms with van der Waals surface area (Å²) in [6.45, 7) is 0.131. The van der Waals surface area contributed by atoms with Crippen LogP contribution in [-0.2, 0) is 22.6 Å². The molecule has 11 heteroatoms. The van der Waals surface area contributed by atoms with Crippen molar-refractivity contribution in [2.45, 2.75) is 25.6 Å². The number of H-pyrrole nitrogens is 1. The number of aliphatic imine (C=N–C) groups is 1. The molecule has 4 aromatic rings. The molecule has 0 saturated heterocycles. The summed E-state index contributed by atoms with van der Waals surface area (Å²) in [6, 6.07) is 17.8. The minimum absolute atomic E-state index is 0.0537. The lowest BCUT2D eigenvalue weighted by Crippen LogP contribution is -2.48. The highest BCUT2D eigenvalue weighted by Gasteiger charge is 2.34. The second-order valence-corrected chi connectivity index (χ2v) is 9.40. The number of benzodiazepines with no additional fused rings is 1. The number of para-hydroxylation sites is 1. The molecule has 1 aromatic heterocycles. The molecule has 40 heavy (non-hydrogen) atoms. The summed E-state index contributed by atoms with van der Waals surface area (Å²) in [6.07, 6.45) is 2.67. The van der Waals surface area contributed by atoms with E-state index in [9.17, 15) is 14.4 Å². The van der Waals surface area contributed by atoms with Crippen LogP contribution in [-0.4, -0.2) is 39.7 Å². The molecule has 200 valence electrons. The Kier molecular flexibility index (Phi) is 6.52. The number of benzene rings is 3. The number of nitrogens with one attached hydrogen (secondary N) is 4. The van der Waals surface area contributed by atoms with Crippen LogP contribution in [0, 0.1) is 5.82 Å². The molecule has 0 unspecified atom stereocenters. The predicted molar refractivity (Wildman–Crippen MR) is 148 cm³/mol. The van der Waals surface area contributed by atoms with Gasteiger partial charge in [0.1, 0.15) is 5.82 Å². The van der Waals surface area contributed by atoms with Gasteiger partial charge in [0.15, 0.2) is 0 Å². The average Bonchev–Trinajstić information content (AvgIpc) is 3.44. The van der Waals surface area contributed by atoms with Crippen LogP contribution >= 0.6 is 0 Å². The van der Waals surface area contributed by atoms with Crippen molar-refractivity contribution in [3.63, 3.8) is 0 Å². The summed E-state index contributed by atoms with van der Waals surface area (Å²) in [7, 11) is 0. The molecule has 0 radical (unpaired) electrons. The minimum atomic E-state index is -1.36. The van der Waals surface area contributed by atoms with E-state index in [4.69, 9.17) is 0 Å². The van der Waals surface area contributed by atoms with Crippen LogP contribution in [0.2, 0.25) is 0 Å². The van der Waals surface area contributed by atoms with Crippen molar-refractivity contribution in [2.75, 3.05) is 15.5 Å². The Morgan fingerprint density at radius 3 is 2.62 bits per heavy atom. The standard InChI is InChI=1S/C29H24FN7O3/c30-22-7-3-1-5-20(22)26-21-6-2-4-8-24(21)37(15-19-14-31-16-32-19)28(39)27(35-26)36-29(40)33-18-10-11-23-17(13-18)9-12-25(38)34-23/h1-8,10-11,13-14,16,27H,9,12,15H2,(H,31,32)(H,34,38)(H2,33,36,40)/t27-/m0/s1. The molecule has 10 nitrogen and oxygen atoms in total. The number of carbonyl (C=O) groups excluding carboxylic acids is 3. The number of rotatable bonds is 5. The first-order valence-electron chi connectivity index (χ1n) is 12.7. The number of hydrogen-bond donors (Lipinski definition) is 4. The molecule has 6 rings (SSSR count). The molecule has 0 saturated carbocycles. The molecular formula is C29H24FN7O3. The highest BCUT2D eigenvalue weighted by molar-refractivity contribution is 6.20. The van der Waals surface area contributed by atoms with E-state index in [1.165, 1.54) is 17.3 Å². The van der Waals surface area contributed by atoms with Gasteiger partial charge in [-0.3, -0.25) is 9.59 Å². The first-order valence-corrected chi connectivity index (χ1v) is 12.7. The van der Waals surface area contributed by atoms with Crippen molar-refractivity contribution in [1.82, 2.24) is 15.3 Å². The normalized spacial score (nSPS) is 16.3. The highest BCUT2D eigenvalue weighted by atomic mass is 19.1. The van der Waals surface area contributed by atoms with E-state index in [1.54, 1.807) is 66.9 Å². The maximum absolute atomic E-state index is 15.0. The summed E-state index contributed by atoms with van der Waals surface area (Å²) >= 11 is 0. The molecule has 1 atom stereocenters. The first-order chi connectivity index (χ1) is 19.5. The molecule has 3 aromatic carbocycles. The van der Waals surface area contributed by atoms with E-state index in [1.807, 2.05) is 0 Å². The van der Waals surface area contributed by atoms with Crippen LogP contribution < -0.4 is 20.9 Å². The summed E-state index contributed by atoms with van der Waals surface area (Å²) < 4.78 is 15.0. The molecular weight excluding hydrogens is 513 g/mol. The molecule has 2 aliphatic heterocycles. The number of aromatic nitrogens is 2. The number of imidazole rings is 1. The minimum Gasteiger partial charge on any atom is -0.347 e. The molecule has 3 heterocycles. The first kappa shape index (κ1) is 25.0. The molecule has 4 amide bonds. The average molecular weight is 538 g/mol. The fourth-order valence-electron chi connectivity index (χ4n) is 4.85. The van der Waals surface area contributed by atoms with Crippen LogP contribution in [0.3, 0.4) is 0 Å². The van der Waals surface area contributed by atoms with Crippen molar-refractivity contribution in [2.24, 2.45) is 4.99 Å². The number of aromatic amines is 1. The third-order valence-corrected chi connectivity index (χ3v) is 6.75. The largest absolute Gasteiger partial charge is 0.347 e. The molecule has 2 aliphatic rings. The second kappa shape index (κ2) is 10.4. The Balaban J connectivity index is 1.35. The zero-order valence-electron chi connectivity index (χ0n) is 21.1. The molecule has 0 aliphatic carbocycles. The van der Waals surface area contributed by atoms with Gasteiger partial charge in [0.2, 0.25) is 12.1 Å². The Morgan fingerprint density at radius 1 is 1.02 bits per heavy atom. The van der Waals surface area contributed by atoms with E-state index >= 15 is 4.39 Å². The van der Waals surface area contributed by atoms with E-state index in [-0.39, 0.29) is 23.7 Å². The van der Waals surface area contributed by atoms with Gasteiger partial charge in [-0.05, 0) is 48.4 Å². The fourth-order valence-corrected chi connectivity index (χ4v) is 4.85. The van der Waals surface area contributed by atoms with Gasteiger partial charge in [-0.1, -0.05) is 30.3 Å². The van der Waals surface area contributed by atoms with Gasteiger partial charge in [0.25, 0.3) is 5.91 Å². The number of amides is 4. The Labute approximate surface area is 228 Å². The van der Waals surface area contributed by atoms with Crippen molar-refractivity contribution in [1.29, 1.82) is 0 Å². The Morgan fingerprint density at radius 2 is 1.82 bits per heavy atom. The number of carbonyl (C=O) groups is 3. The van der Waals surface area contributed by atoms with Crippen molar-refractivity contribution in [3.05, 3.63) is 107 Å². The fraction of sp³-hybridized carbons (Fsp3) is 0.138. The van der Waals surface area contributed by atoms with Crippen molar-refractivity contribution >= 4 is 40.6 Å². The third kappa shape index (κ3) is 4.92. The Hall–Kier alpha value is -5.32. The van der Waals surface area contributed by atoms with Crippen LogP contribution in [0.4, 0.5) is 26.2 Å². The zero-order valence-corrected chi connectivity index (χ0v) is 21.1.